The first-order chi connectivity index (χ1) is 7.58. The van der Waals surface area contributed by atoms with E-state index in [0.717, 1.165) is 0 Å². The van der Waals surface area contributed by atoms with Crippen molar-refractivity contribution in [3.05, 3.63) is 12.7 Å². The van der Waals surface area contributed by atoms with E-state index in [1.54, 1.807) is 13.8 Å². The maximum absolute atomic E-state index is 12.0. The number of amides is 1. The molecule has 0 heterocycles. The van der Waals surface area contributed by atoms with Gasteiger partial charge in [-0.3, -0.25) is 9.36 Å². The third-order valence-corrected chi connectivity index (χ3v) is 3.91. The van der Waals surface area contributed by atoms with Crippen LogP contribution >= 0.6 is 7.60 Å². The van der Waals surface area contributed by atoms with Gasteiger partial charge in [-0.25, -0.2) is 0 Å². The molecule has 0 saturated heterocycles. The van der Waals surface area contributed by atoms with E-state index in [0.29, 0.717) is 32.3 Å². The molecule has 0 aliphatic heterocycles. The van der Waals surface area contributed by atoms with E-state index in [1.165, 1.54) is 6.08 Å². The molecule has 6 heteroatoms. The molecule has 0 aromatic heterocycles. The van der Waals surface area contributed by atoms with Crippen molar-refractivity contribution in [1.29, 1.82) is 0 Å². The van der Waals surface area contributed by atoms with E-state index in [-0.39, 0.29) is 5.91 Å². The third-order valence-electron chi connectivity index (χ3n) is 1.74. The van der Waals surface area contributed by atoms with Crippen LogP contribution < -0.4 is 5.32 Å². The summed E-state index contributed by atoms with van der Waals surface area (Å²) in [5, 5.41) is 2.60. The largest absolute Gasteiger partial charge is 0.353 e. The van der Waals surface area contributed by atoms with Gasteiger partial charge < -0.3 is 14.4 Å². The van der Waals surface area contributed by atoms with E-state index in [1.807, 2.05) is 0 Å². The van der Waals surface area contributed by atoms with Gasteiger partial charge in [-0.1, -0.05) is 6.58 Å². The Balaban J connectivity index is 3.89. The average Bonchev–Trinajstić information content (AvgIpc) is 2.25. The first-order valence-electron chi connectivity index (χ1n) is 5.36. The monoisotopic (exact) mass is 249 g/mol. The Labute approximate surface area is 96.7 Å². The van der Waals surface area contributed by atoms with Crippen LogP contribution in [0.4, 0.5) is 0 Å². The molecule has 1 amide bonds. The summed E-state index contributed by atoms with van der Waals surface area (Å²) in [6.07, 6.45) is 2.06. The lowest BCUT2D eigenvalue weighted by atomic mass is 10.4. The highest BCUT2D eigenvalue weighted by Crippen LogP contribution is 2.48. The summed E-state index contributed by atoms with van der Waals surface area (Å²) in [6.45, 7) is 8.02. The molecular weight excluding hydrogens is 229 g/mol. The van der Waals surface area contributed by atoms with Crippen molar-refractivity contribution in [2.24, 2.45) is 0 Å². The van der Waals surface area contributed by atoms with Crippen LogP contribution in [-0.4, -0.2) is 31.8 Å². The SMILES string of the molecule is C=CC(=O)NCCCP(=O)(OCC)OCC. The summed E-state index contributed by atoms with van der Waals surface area (Å²) >= 11 is 0. The Morgan fingerprint density at radius 1 is 1.38 bits per heavy atom. The van der Waals surface area contributed by atoms with E-state index in [2.05, 4.69) is 11.9 Å². The summed E-state index contributed by atoms with van der Waals surface area (Å²) in [4.78, 5) is 10.8. The van der Waals surface area contributed by atoms with Gasteiger partial charge >= 0.3 is 7.60 Å². The van der Waals surface area contributed by atoms with E-state index in [9.17, 15) is 9.36 Å². The van der Waals surface area contributed by atoms with Gasteiger partial charge in [-0.05, 0) is 26.3 Å². The molecule has 0 bridgehead atoms. The Bertz CT molecular complexity index is 258. The van der Waals surface area contributed by atoms with Crippen LogP contribution in [-0.2, 0) is 18.4 Å². The van der Waals surface area contributed by atoms with Crippen molar-refractivity contribution < 1.29 is 18.4 Å². The van der Waals surface area contributed by atoms with E-state index in [4.69, 9.17) is 9.05 Å². The molecule has 0 aromatic rings. The van der Waals surface area contributed by atoms with Crippen molar-refractivity contribution in [3.63, 3.8) is 0 Å². The van der Waals surface area contributed by atoms with Gasteiger partial charge in [0.25, 0.3) is 0 Å². The molecule has 0 aromatic carbocycles. The summed E-state index contributed by atoms with van der Waals surface area (Å²) in [5.41, 5.74) is 0. The minimum atomic E-state index is -2.96. The van der Waals surface area contributed by atoms with Gasteiger partial charge in [0, 0.05) is 6.54 Å². The van der Waals surface area contributed by atoms with Crippen LogP contribution in [0.3, 0.4) is 0 Å². The zero-order valence-electron chi connectivity index (χ0n) is 9.90. The fourth-order valence-electron chi connectivity index (χ4n) is 1.12. The number of rotatable bonds is 9. The van der Waals surface area contributed by atoms with Crippen molar-refractivity contribution >= 4 is 13.5 Å². The van der Waals surface area contributed by atoms with Crippen molar-refractivity contribution in [3.8, 4) is 0 Å². The maximum Gasteiger partial charge on any atom is 0.330 e. The predicted molar refractivity (Wildman–Crippen MR) is 63.5 cm³/mol. The topological polar surface area (TPSA) is 64.6 Å². The van der Waals surface area contributed by atoms with Gasteiger partial charge in [0.05, 0.1) is 19.4 Å². The molecule has 94 valence electrons. The minimum absolute atomic E-state index is 0.234. The summed E-state index contributed by atoms with van der Waals surface area (Å²) in [7, 11) is -2.96. The van der Waals surface area contributed by atoms with Crippen molar-refractivity contribution in [2.45, 2.75) is 20.3 Å². The third kappa shape index (κ3) is 6.77. The zero-order valence-corrected chi connectivity index (χ0v) is 10.8. The average molecular weight is 249 g/mol. The van der Waals surface area contributed by atoms with Gasteiger partial charge in [0.1, 0.15) is 0 Å². The molecule has 16 heavy (non-hydrogen) atoms. The standard InChI is InChI=1S/C10H20NO4P/c1-4-10(12)11-8-7-9-16(13,14-5-2)15-6-3/h4H,1,5-9H2,2-3H3,(H,11,12). The smallest absolute Gasteiger partial charge is 0.330 e. The summed E-state index contributed by atoms with van der Waals surface area (Å²) in [6, 6.07) is 0. The molecule has 0 unspecified atom stereocenters. The Kier molecular flexibility index (Phi) is 8.16. The Morgan fingerprint density at radius 3 is 2.38 bits per heavy atom. The highest BCUT2D eigenvalue weighted by molar-refractivity contribution is 7.53. The van der Waals surface area contributed by atoms with Crippen molar-refractivity contribution in [1.82, 2.24) is 5.32 Å². The van der Waals surface area contributed by atoms with Crippen LogP contribution in [0.2, 0.25) is 0 Å². The maximum atomic E-state index is 12.0. The van der Waals surface area contributed by atoms with Gasteiger partial charge in [0.15, 0.2) is 0 Å². The molecule has 0 radical (unpaired) electrons. The van der Waals surface area contributed by atoms with Crippen LogP contribution in [0.25, 0.3) is 0 Å². The minimum Gasteiger partial charge on any atom is -0.353 e. The van der Waals surface area contributed by atoms with Crippen LogP contribution in [0.5, 0.6) is 0 Å². The molecule has 0 rings (SSSR count). The van der Waals surface area contributed by atoms with Crippen LogP contribution in [0, 0.1) is 0 Å². The quantitative estimate of drug-likeness (QED) is 0.385. The number of carbonyl (C=O) groups excluding carboxylic acids is 1. The molecule has 0 aliphatic rings. The van der Waals surface area contributed by atoms with Gasteiger partial charge in [-0.15, -0.1) is 0 Å². The molecule has 0 aliphatic carbocycles. The molecule has 0 fully saturated rings. The van der Waals surface area contributed by atoms with E-state index >= 15 is 0 Å². The Hall–Kier alpha value is -0.640. The Morgan fingerprint density at radius 2 is 1.94 bits per heavy atom. The summed E-state index contributed by atoms with van der Waals surface area (Å²) < 4.78 is 22.2. The lowest BCUT2D eigenvalue weighted by molar-refractivity contribution is -0.116. The highest BCUT2D eigenvalue weighted by Gasteiger charge is 2.22. The second kappa shape index (κ2) is 8.50. The molecular formula is C10H20NO4P. The zero-order chi connectivity index (χ0) is 12.4. The molecule has 0 atom stereocenters. The predicted octanol–water partition coefficient (Wildman–Crippen LogP) is 1.94. The molecule has 5 nitrogen and oxygen atoms in total. The molecule has 1 N–H and O–H groups in total. The highest BCUT2D eigenvalue weighted by atomic mass is 31.2. The van der Waals surface area contributed by atoms with Crippen LogP contribution in [0.1, 0.15) is 20.3 Å². The first-order valence-corrected chi connectivity index (χ1v) is 7.09. The van der Waals surface area contributed by atoms with Crippen LogP contribution in [0.15, 0.2) is 12.7 Å². The summed E-state index contributed by atoms with van der Waals surface area (Å²) in [5.74, 6) is -0.234. The number of carbonyl (C=O) groups is 1. The lowest BCUT2D eigenvalue weighted by Crippen LogP contribution is -2.22. The normalized spacial score (nSPS) is 11.1. The fourth-order valence-corrected chi connectivity index (χ4v) is 2.78. The van der Waals surface area contributed by atoms with E-state index < -0.39 is 7.60 Å². The lowest BCUT2D eigenvalue weighted by Gasteiger charge is -2.16. The fraction of sp³-hybridized carbons (Fsp3) is 0.700. The first kappa shape index (κ1) is 15.4. The second-order valence-electron chi connectivity index (χ2n) is 3.02. The van der Waals surface area contributed by atoms with Crippen molar-refractivity contribution in [2.75, 3.05) is 25.9 Å². The van der Waals surface area contributed by atoms with Gasteiger partial charge in [0.2, 0.25) is 5.91 Å². The van der Waals surface area contributed by atoms with Gasteiger partial charge in [-0.2, -0.15) is 0 Å². The molecule has 0 spiro atoms. The number of hydrogen-bond acceptors (Lipinski definition) is 4. The molecule has 0 saturated carbocycles. The second-order valence-corrected chi connectivity index (χ2v) is 5.20. The number of hydrogen-bond donors (Lipinski definition) is 1. The number of nitrogens with one attached hydrogen (secondary N) is 1.